The summed E-state index contributed by atoms with van der Waals surface area (Å²) in [6.07, 6.45) is 3.22. The van der Waals surface area contributed by atoms with E-state index < -0.39 is 0 Å². The SMILES string of the molecule is COCOc1ncccn1. The molecule has 0 spiro atoms. The summed E-state index contributed by atoms with van der Waals surface area (Å²) < 4.78 is 9.55. The van der Waals surface area contributed by atoms with Gasteiger partial charge in [0.05, 0.1) is 0 Å². The molecule has 0 unspecified atom stereocenters. The molecule has 0 aliphatic heterocycles. The minimum absolute atomic E-state index is 0.185. The lowest BCUT2D eigenvalue weighted by atomic mass is 10.7. The number of nitrogens with zero attached hydrogens (tertiary/aromatic N) is 2. The molecule has 0 fully saturated rings. The Hall–Kier alpha value is -1.16. The molecule has 4 nitrogen and oxygen atoms in total. The molecule has 0 saturated carbocycles. The van der Waals surface area contributed by atoms with Crippen molar-refractivity contribution in [2.45, 2.75) is 0 Å². The lowest BCUT2D eigenvalue weighted by Gasteiger charge is -1.99. The summed E-state index contributed by atoms with van der Waals surface area (Å²) in [5, 5.41) is 0. The molecule has 0 saturated heterocycles. The number of rotatable bonds is 3. The Labute approximate surface area is 58.8 Å². The zero-order chi connectivity index (χ0) is 7.23. The molecule has 1 heterocycles. The first-order valence-corrected chi connectivity index (χ1v) is 2.82. The van der Waals surface area contributed by atoms with Gasteiger partial charge in [-0.3, -0.25) is 0 Å². The van der Waals surface area contributed by atoms with Crippen LogP contribution in [-0.4, -0.2) is 23.9 Å². The van der Waals surface area contributed by atoms with Crippen LogP contribution in [0.4, 0.5) is 0 Å². The summed E-state index contributed by atoms with van der Waals surface area (Å²) in [5.41, 5.74) is 0. The summed E-state index contributed by atoms with van der Waals surface area (Å²) in [6, 6.07) is 2.06. The van der Waals surface area contributed by atoms with E-state index in [1.165, 1.54) is 0 Å². The van der Waals surface area contributed by atoms with Gasteiger partial charge in [-0.2, -0.15) is 0 Å². The molecule has 0 aliphatic carbocycles. The molecular weight excluding hydrogens is 132 g/mol. The standard InChI is InChI=1S/C6H8N2O2/c1-9-5-10-6-7-3-2-4-8-6/h2-4H,5H2,1H3. The van der Waals surface area contributed by atoms with Crippen molar-refractivity contribution in [1.82, 2.24) is 9.97 Å². The van der Waals surface area contributed by atoms with Gasteiger partial charge in [0, 0.05) is 19.5 Å². The van der Waals surface area contributed by atoms with Crippen molar-refractivity contribution in [3.05, 3.63) is 18.5 Å². The molecule has 1 aromatic rings. The first kappa shape index (κ1) is 6.95. The van der Waals surface area contributed by atoms with Crippen LogP contribution in [0.3, 0.4) is 0 Å². The average Bonchev–Trinajstić information content (AvgIpc) is 2.03. The molecule has 4 heteroatoms. The zero-order valence-corrected chi connectivity index (χ0v) is 5.65. The summed E-state index contributed by atoms with van der Waals surface area (Å²) >= 11 is 0. The number of aromatic nitrogens is 2. The Kier molecular flexibility index (Phi) is 2.63. The number of methoxy groups -OCH3 is 1. The normalized spacial score (nSPS) is 9.30. The molecule has 0 N–H and O–H groups in total. The van der Waals surface area contributed by atoms with Crippen molar-refractivity contribution in [2.75, 3.05) is 13.9 Å². The van der Waals surface area contributed by atoms with Crippen LogP contribution in [0.5, 0.6) is 6.01 Å². The van der Waals surface area contributed by atoms with Crippen LogP contribution in [-0.2, 0) is 4.74 Å². The second kappa shape index (κ2) is 3.79. The average molecular weight is 140 g/mol. The second-order valence-electron chi connectivity index (χ2n) is 1.58. The molecular formula is C6H8N2O2. The Morgan fingerprint density at radius 3 is 2.70 bits per heavy atom. The van der Waals surface area contributed by atoms with Crippen LogP contribution in [0.15, 0.2) is 18.5 Å². The first-order chi connectivity index (χ1) is 4.93. The topological polar surface area (TPSA) is 44.2 Å². The van der Waals surface area contributed by atoms with Gasteiger partial charge in [0.2, 0.25) is 0 Å². The Bertz CT molecular complexity index is 178. The van der Waals surface area contributed by atoms with Crippen molar-refractivity contribution < 1.29 is 9.47 Å². The summed E-state index contributed by atoms with van der Waals surface area (Å²) in [5.74, 6) is 0. The molecule has 0 bridgehead atoms. The third-order valence-corrected chi connectivity index (χ3v) is 0.848. The van der Waals surface area contributed by atoms with Gasteiger partial charge in [0.15, 0.2) is 6.79 Å². The van der Waals surface area contributed by atoms with E-state index in [1.807, 2.05) is 0 Å². The number of ether oxygens (including phenoxy) is 2. The van der Waals surface area contributed by atoms with Crippen LogP contribution in [0.1, 0.15) is 0 Å². The Balaban J connectivity index is 2.43. The van der Waals surface area contributed by atoms with E-state index in [2.05, 4.69) is 14.7 Å². The van der Waals surface area contributed by atoms with Gasteiger partial charge >= 0.3 is 6.01 Å². The van der Waals surface area contributed by atoms with E-state index in [-0.39, 0.29) is 6.79 Å². The van der Waals surface area contributed by atoms with Gasteiger partial charge in [-0.1, -0.05) is 0 Å². The van der Waals surface area contributed by atoms with E-state index in [1.54, 1.807) is 25.6 Å². The fourth-order valence-corrected chi connectivity index (χ4v) is 0.472. The third kappa shape index (κ3) is 1.99. The maximum atomic E-state index is 4.91. The van der Waals surface area contributed by atoms with Crippen LogP contribution < -0.4 is 4.74 Å². The highest BCUT2D eigenvalue weighted by atomic mass is 16.7. The van der Waals surface area contributed by atoms with Crippen molar-refractivity contribution in [2.24, 2.45) is 0 Å². The van der Waals surface area contributed by atoms with Crippen LogP contribution >= 0.6 is 0 Å². The predicted octanol–water partition coefficient (Wildman–Crippen LogP) is 0.459. The summed E-state index contributed by atoms with van der Waals surface area (Å²) in [4.78, 5) is 7.61. The van der Waals surface area contributed by atoms with E-state index in [4.69, 9.17) is 4.74 Å². The van der Waals surface area contributed by atoms with Crippen LogP contribution in [0.25, 0.3) is 0 Å². The largest absolute Gasteiger partial charge is 0.436 e. The Morgan fingerprint density at radius 2 is 2.10 bits per heavy atom. The molecule has 0 radical (unpaired) electrons. The Morgan fingerprint density at radius 1 is 1.40 bits per heavy atom. The minimum Gasteiger partial charge on any atom is -0.436 e. The van der Waals surface area contributed by atoms with E-state index in [0.717, 1.165) is 0 Å². The number of hydrogen-bond donors (Lipinski definition) is 0. The number of hydrogen-bond acceptors (Lipinski definition) is 4. The smallest absolute Gasteiger partial charge is 0.318 e. The molecule has 54 valence electrons. The lowest BCUT2D eigenvalue weighted by Crippen LogP contribution is -2.01. The van der Waals surface area contributed by atoms with Crippen LogP contribution in [0.2, 0.25) is 0 Å². The van der Waals surface area contributed by atoms with E-state index in [9.17, 15) is 0 Å². The molecule has 1 rings (SSSR count). The van der Waals surface area contributed by atoms with Gasteiger partial charge in [-0.05, 0) is 6.07 Å². The maximum absolute atomic E-state index is 4.91. The second-order valence-corrected chi connectivity index (χ2v) is 1.58. The van der Waals surface area contributed by atoms with Crippen LogP contribution in [0, 0.1) is 0 Å². The molecule has 10 heavy (non-hydrogen) atoms. The highest BCUT2D eigenvalue weighted by Gasteiger charge is 1.90. The van der Waals surface area contributed by atoms with Gasteiger partial charge in [-0.15, -0.1) is 0 Å². The first-order valence-electron chi connectivity index (χ1n) is 2.82. The summed E-state index contributed by atoms with van der Waals surface area (Å²) in [6.45, 7) is 0.185. The van der Waals surface area contributed by atoms with Gasteiger partial charge < -0.3 is 9.47 Å². The molecule has 0 aliphatic rings. The van der Waals surface area contributed by atoms with E-state index >= 15 is 0 Å². The minimum atomic E-state index is 0.185. The van der Waals surface area contributed by atoms with Crippen molar-refractivity contribution in [3.8, 4) is 6.01 Å². The van der Waals surface area contributed by atoms with Gasteiger partial charge in [0.1, 0.15) is 0 Å². The van der Waals surface area contributed by atoms with Crippen molar-refractivity contribution >= 4 is 0 Å². The predicted molar refractivity (Wildman–Crippen MR) is 34.5 cm³/mol. The monoisotopic (exact) mass is 140 g/mol. The maximum Gasteiger partial charge on any atom is 0.318 e. The van der Waals surface area contributed by atoms with Gasteiger partial charge in [0.25, 0.3) is 0 Å². The fourth-order valence-electron chi connectivity index (χ4n) is 0.472. The molecule has 0 atom stereocenters. The van der Waals surface area contributed by atoms with E-state index in [0.29, 0.717) is 6.01 Å². The molecule has 0 amide bonds. The lowest BCUT2D eigenvalue weighted by molar-refractivity contribution is 0.0442. The third-order valence-electron chi connectivity index (χ3n) is 0.848. The van der Waals surface area contributed by atoms with Crippen molar-refractivity contribution in [3.63, 3.8) is 0 Å². The quantitative estimate of drug-likeness (QED) is 0.572. The highest BCUT2D eigenvalue weighted by Crippen LogP contribution is 1.95. The fraction of sp³-hybridized carbons (Fsp3) is 0.333. The van der Waals surface area contributed by atoms with Gasteiger partial charge in [-0.25, -0.2) is 9.97 Å². The summed E-state index contributed by atoms with van der Waals surface area (Å²) in [7, 11) is 1.54. The van der Waals surface area contributed by atoms with Crippen molar-refractivity contribution in [1.29, 1.82) is 0 Å². The highest BCUT2D eigenvalue weighted by molar-refractivity contribution is 4.92. The zero-order valence-electron chi connectivity index (χ0n) is 5.65. The molecule has 1 aromatic heterocycles. The molecule has 0 aromatic carbocycles.